The van der Waals surface area contributed by atoms with E-state index in [0.717, 1.165) is 5.56 Å². The van der Waals surface area contributed by atoms with Crippen LogP contribution in [-0.4, -0.2) is 48.2 Å². The molecule has 142 valence electrons. The molecule has 0 spiro atoms. The zero-order chi connectivity index (χ0) is 19.6. The van der Waals surface area contributed by atoms with Gasteiger partial charge in [0, 0.05) is 12.1 Å². The highest BCUT2D eigenvalue weighted by molar-refractivity contribution is 6.30. The van der Waals surface area contributed by atoms with Crippen molar-refractivity contribution in [3.8, 4) is 0 Å². The van der Waals surface area contributed by atoms with E-state index in [1.807, 2.05) is 0 Å². The van der Waals surface area contributed by atoms with E-state index in [2.05, 4.69) is 20.5 Å². The number of hydrogen-bond donors (Lipinski definition) is 4. The minimum atomic E-state index is -1.13. The van der Waals surface area contributed by atoms with Crippen LogP contribution in [-0.2, 0) is 13.6 Å². The number of halogens is 1. The standard InChI is InChI=1S/C16H17ClN6O4/c1-22-13-12(14(26)20-16(22)27)23(7-11(25)8-24)15(19-13)21-18-6-9-2-4-10(17)5-3-9/h2-6,11,24-25H,7-8H2,1H3,(H,19,21)(H,20,26,27)/b18-6-/t11-/m0/s1. The van der Waals surface area contributed by atoms with Crippen LogP contribution in [0.5, 0.6) is 0 Å². The van der Waals surface area contributed by atoms with Crippen molar-refractivity contribution >= 4 is 34.9 Å². The molecule has 0 saturated carbocycles. The van der Waals surface area contributed by atoms with Gasteiger partial charge >= 0.3 is 5.69 Å². The molecule has 0 unspecified atom stereocenters. The first kappa shape index (κ1) is 18.8. The van der Waals surface area contributed by atoms with Crippen molar-refractivity contribution < 1.29 is 10.2 Å². The van der Waals surface area contributed by atoms with Gasteiger partial charge in [0.1, 0.15) is 0 Å². The lowest BCUT2D eigenvalue weighted by molar-refractivity contribution is 0.0825. The quantitative estimate of drug-likeness (QED) is 0.341. The second kappa shape index (κ2) is 7.74. The zero-order valence-electron chi connectivity index (χ0n) is 14.3. The molecular formula is C16H17ClN6O4. The molecule has 10 nitrogen and oxygen atoms in total. The largest absolute Gasteiger partial charge is 0.394 e. The Bertz CT molecular complexity index is 1100. The first-order valence-electron chi connectivity index (χ1n) is 7.94. The zero-order valence-corrected chi connectivity index (χ0v) is 15.0. The van der Waals surface area contributed by atoms with E-state index in [1.54, 1.807) is 24.3 Å². The first-order chi connectivity index (χ1) is 12.9. The summed E-state index contributed by atoms with van der Waals surface area (Å²) in [6.07, 6.45) is 0.394. The van der Waals surface area contributed by atoms with Gasteiger partial charge in [0.2, 0.25) is 5.95 Å². The third kappa shape index (κ3) is 3.92. The minimum Gasteiger partial charge on any atom is -0.394 e. The molecule has 0 bridgehead atoms. The van der Waals surface area contributed by atoms with E-state index in [1.165, 1.54) is 22.4 Å². The fourth-order valence-electron chi connectivity index (χ4n) is 2.48. The Hall–Kier alpha value is -2.95. The molecule has 11 heteroatoms. The summed E-state index contributed by atoms with van der Waals surface area (Å²) in [7, 11) is 1.46. The van der Waals surface area contributed by atoms with Gasteiger partial charge in [-0.1, -0.05) is 23.7 Å². The van der Waals surface area contributed by atoms with Gasteiger partial charge in [0.05, 0.1) is 25.5 Å². The van der Waals surface area contributed by atoms with Gasteiger partial charge < -0.3 is 14.8 Å². The molecule has 27 heavy (non-hydrogen) atoms. The molecule has 3 rings (SSSR count). The molecule has 0 aliphatic heterocycles. The molecular weight excluding hydrogens is 376 g/mol. The van der Waals surface area contributed by atoms with Gasteiger partial charge in [-0.25, -0.2) is 10.2 Å². The lowest BCUT2D eigenvalue weighted by Crippen LogP contribution is -2.30. The van der Waals surface area contributed by atoms with Crippen LogP contribution in [0.2, 0.25) is 5.02 Å². The van der Waals surface area contributed by atoms with Crippen molar-refractivity contribution in [2.45, 2.75) is 12.6 Å². The summed E-state index contributed by atoms with van der Waals surface area (Å²) >= 11 is 5.83. The molecule has 0 aliphatic rings. The SMILES string of the molecule is Cn1c(=O)[nH]c(=O)c2c1nc(N/N=C\c1ccc(Cl)cc1)n2C[C@H](O)CO. The van der Waals surface area contributed by atoms with E-state index < -0.39 is 24.0 Å². The third-order valence-electron chi connectivity index (χ3n) is 3.86. The van der Waals surface area contributed by atoms with Crippen LogP contribution >= 0.6 is 11.6 Å². The highest BCUT2D eigenvalue weighted by Gasteiger charge is 2.19. The average Bonchev–Trinajstić information content (AvgIpc) is 3.00. The Labute approximate surface area is 157 Å². The van der Waals surface area contributed by atoms with E-state index >= 15 is 0 Å². The summed E-state index contributed by atoms with van der Waals surface area (Å²) in [5.41, 5.74) is 2.40. The summed E-state index contributed by atoms with van der Waals surface area (Å²) in [5, 5.41) is 23.6. The molecule has 4 N–H and O–H groups in total. The van der Waals surface area contributed by atoms with Crippen LogP contribution in [0.15, 0.2) is 39.0 Å². The number of rotatable bonds is 6. The Morgan fingerprint density at radius 3 is 2.74 bits per heavy atom. The van der Waals surface area contributed by atoms with Gasteiger partial charge in [-0.15, -0.1) is 0 Å². The molecule has 1 atom stereocenters. The van der Waals surface area contributed by atoms with Crippen LogP contribution in [0.3, 0.4) is 0 Å². The Balaban J connectivity index is 2.02. The number of aromatic amines is 1. The van der Waals surface area contributed by atoms with Crippen molar-refractivity contribution in [2.24, 2.45) is 12.1 Å². The van der Waals surface area contributed by atoms with Crippen LogP contribution in [0.1, 0.15) is 5.56 Å². The van der Waals surface area contributed by atoms with Crippen LogP contribution in [0.4, 0.5) is 5.95 Å². The third-order valence-corrected chi connectivity index (χ3v) is 4.11. The number of hydrazone groups is 1. The van der Waals surface area contributed by atoms with Crippen molar-refractivity contribution in [3.05, 3.63) is 55.7 Å². The number of fused-ring (bicyclic) bond motifs is 1. The van der Waals surface area contributed by atoms with Gasteiger partial charge in [-0.2, -0.15) is 10.1 Å². The summed E-state index contributed by atoms with van der Waals surface area (Å²) in [4.78, 5) is 30.4. The van der Waals surface area contributed by atoms with E-state index in [4.69, 9.17) is 16.7 Å². The van der Waals surface area contributed by atoms with Crippen molar-refractivity contribution in [1.29, 1.82) is 0 Å². The average molecular weight is 393 g/mol. The van der Waals surface area contributed by atoms with Gasteiger partial charge in [0.25, 0.3) is 5.56 Å². The Morgan fingerprint density at radius 2 is 2.07 bits per heavy atom. The molecule has 0 radical (unpaired) electrons. The topological polar surface area (TPSA) is 138 Å². The predicted molar refractivity (Wildman–Crippen MR) is 101 cm³/mol. The lowest BCUT2D eigenvalue weighted by Gasteiger charge is -2.11. The molecule has 2 heterocycles. The predicted octanol–water partition coefficient (Wildman–Crippen LogP) is -0.124. The Kier molecular flexibility index (Phi) is 5.40. The molecule has 3 aromatic rings. The van der Waals surface area contributed by atoms with Gasteiger partial charge in [-0.3, -0.25) is 14.3 Å². The summed E-state index contributed by atoms with van der Waals surface area (Å²) in [5.74, 6) is 0.134. The lowest BCUT2D eigenvalue weighted by atomic mass is 10.2. The number of hydrogen-bond acceptors (Lipinski definition) is 7. The highest BCUT2D eigenvalue weighted by Crippen LogP contribution is 2.16. The second-order valence-corrected chi connectivity index (χ2v) is 6.23. The van der Waals surface area contributed by atoms with Crippen molar-refractivity contribution in [3.63, 3.8) is 0 Å². The van der Waals surface area contributed by atoms with E-state index in [-0.39, 0.29) is 23.7 Å². The van der Waals surface area contributed by atoms with Gasteiger partial charge in [0.15, 0.2) is 11.2 Å². The number of anilines is 1. The maximum absolute atomic E-state index is 12.2. The second-order valence-electron chi connectivity index (χ2n) is 5.79. The number of H-pyrrole nitrogens is 1. The van der Waals surface area contributed by atoms with E-state index in [9.17, 15) is 14.7 Å². The molecule has 0 amide bonds. The monoisotopic (exact) mass is 392 g/mol. The first-order valence-corrected chi connectivity index (χ1v) is 8.31. The van der Waals surface area contributed by atoms with E-state index in [0.29, 0.717) is 5.02 Å². The number of aliphatic hydroxyl groups is 2. The normalized spacial score (nSPS) is 12.7. The number of imidazole rings is 1. The van der Waals surface area contributed by atoms with Crippen LogP contribution < -0.4 is 16.7 Å². The smallest absolute Gasteiger partial charge is 0.329 e. The number of nitrogens with one attached hydrogen (secondary N) is 2. The van der Waals surface area contributed by atoms with Crippen LogP contribution in [0.25, 0.3) is 11.2 Å². The summed E-state index contributed by atoms with van der Waals surface area (Å²) in [6.45, 7) is -0.621. The summed E-state index contributed by atoms with van der Waals surface area (Å²) in [6, 6.07) is 6.96. The Morgan fingerprint density at radius 1 is 1.37 bits per heavy atom. The number of aliphatic hydroxyl groups excluding tert-OH is 2. The summed E-state index contributed by atoms with van der Waals surface area (Å²) < 4.78 is 2.53. The molecule has 0 saturated heterocycles. The molecule has 0 aliphatic carbocycles. The number of aryl methyl sites for hydroxylation is 1. The molecule has 1 aromatic carbocycles. The van der Waals surface area contributed by atoms with Gasteiger partial charge in [-0.05, 0) is 17.7 Å². The van der Waals surface area contributed by atoms with Crippen molar-refractivity contribution in [1.82, 2.24) is 19.1 Å². The number of nitrogens with zero attached hydrogens (tertiary/aromatic N) is 4. The van der Waals surface area contributed by atoms with Crippen LogP contribution in [0, 0.1) is 0 Å². The minimum absolute atomic E-state index is 0.0776. The molecule has 0 fully saturated rings. The fraction of sp³-hybridized carbons (Fsp3) is 0.250. The number of benzene rings is 1. The maximum atomic E-state index is 12.2. The maximum Gasteiger partial charge on any atom is 0.329 e. The number of aromatic nitrogens is 4. The highest BCUT2D eigenvalue weighted by atomic mass is 35.5. The van der Waals surface area contributed by atoms with Crippen molar-refractivity contribution in [2.75, 3.05) is 12.0 Å². The molecule has 2 aromatic heterocycles. The fourth-order valence-corrected chi connectivity index (χ4v) is 2.61.